The smallest absolute Gasteiger partial charge is 0.0330 e. The van der Waals surface area contributed by atoms with Crippen molar-refractivity contribution < 1.29 is 0 Å². The van der Waals surface area contributed by atoms with Crippen LogP contribution in [0.1, 0.15) is 44.4 Å². The minimum Gasteiger partial charge on any atom is -0.330 e. The molecule has 1 aromatic heterocycles. The summed E-state index contributed by atoms with van der Waals surface area (Å²) in [6, 6.07) is 5.00. The summed E-state index contributed by atoms with van der Waals surface area (Å²) in [6.45, 7) is 7.74. The summed E-state index contributed by atoms with van der Waals surface area (Å²) >= 11 is 1.86. The predicted octanol–water partition coefficient (Wildman–Crippen LogP) is 3.48. The van der Waals surface area contributed by atoms with E-state index in [0.717, 1.165) is 13.1 Å². The molecule has 18 heavy (non-hydrogen) atoms. The molecule has 2 nitrogen and oxygen atoms in total. The van der Waals surface area contributed by atoms with Crippen LogP contribution in [0.5, 0.6) is 0 Å². The van der Waals surface area contributed by atoms with Crippen molar-refractivity contribution in [3.8, 4) is 0 Å². The van der Waals surface area contributed by atoms with Crippen molar-refractivity contribution >= 4 is 11.3 Å². The Kier molecular flexibility index (Phi) is 4.82. The van der Waals surface area contributed by atoms with Crippen molar-refractivity contribution in [2.24, 2.45) is 11.1 Å². The highest BCUT2D eigenvalue weighted by Gasteiger charge is 2.35. The van der Waals surface area contributed by atoms with E-state index < -0.39 is 0 Å². The maximum absolute atomic E-state index is 5.95. The lowest BCUT2D eigenvalue weighted by Crippen LogP contribution is -2.41. The first-order chi connectivity index (χ1) is 8.65. The van der Waals surface area contributed by atoms with E-state index in [9.17, 15) is 0 Å². The van der Waals surface area contributed by atoms with Gasteiger partial charge >= 0.3 is 0 Å². The normalized spacial score (nSPS) is 18.3. The van der Waals surface area contributed by atoms with Gasteiger partial charge in [-0.3, -0.25) is 4.90 Å². The second-order valence-corrected chi connectivity index (χ2v) is 6.98. The highest BCUT2D eigenvalue weighted by atomic mass is 32.1. The summed E-state index contributed by atoms with van der Waals surface area (Å²) in [5.41, 5.74) is 6.43. The molecule has 0 unspecified atom stereocenters. The van der Waals surface area contributed by atoms with Gasteiger partial charge in [0.1, 0.15) is 0 Å². The van der Waals surface area contributed by atoms with Gasteiger partial charge in [-0.05, 0) is 63.1 Å². The van der Waals surface area contributed by atoms with Crippen LogP contribution in [0.2, 0.25) is 0 Å². The lowest BCUT2D eigenvalue weighted by Gasteiger charge is -2.42. The fraction of sp³-hybridized carbons (Fsp3) is 0.733. The Balaban J connectivity index is 1.86. The summed E-state index contributed by atoms with van der Waals surface area (Å²) in [6.07, 6.45) is 5.33. The molecule has 1 saturated carbocycles. The number of hydrogen-bond acceptors (Lipinski definition) is 3. The molecule has 3 heteroatoms. The Morgan fingerprint density at radius 2 is 2.22 bits per heavy atom. The highest BCUT2D eigenvalue weighted by Crippen LogP contribution is 2.43. The molecule has 1 heterocycles. The van der Waals surface area contributed by atoms with Gasteiger partial charge in [0.2, 0.25) is 0 Å². The van der Waals surface area contributed by atoms with Crippen LogP contribution < -0.4 is 5.73 Å². The summed E-state index contributed by atoms with van der Waals surface area (Å²) in [7, 11) is 0. The lowest BCUT2D eigenvalue weighted by atomic mass is 9.66. The van der Waals surface area contributed by atoms with Gasteiger partial charge < -0.3 is 5.73 Å². The van der Waals surface area contributed by atoms with E-state index in [-0.39, 0.29) is 0 Å². The molecule has 0 aliphatic heterocycles. The number of nitrogens with zero attached hydrogens (tertiary/aromatic N) is 1. The summed E-state index contributed by atoms with van der Waals surface area (Å²) in [5, 5.41) is 2.17. The van der Waals surface area contributed by atoms with Crippen molar-refractivity contribution in [2.45, 2.75) is 52.1 Å². The molecule has 1 aliphatic carbocycles. The standard InChI is InChI=1S/C15H26N2S/c1-13(2)17(11-14-5-3-10-18-14)9-8-15(12-16)6-4-7-15/h3,5,10,13H,4,6-9,11-12,16H2,1-2H3. The van der Waals surface area contributed by atoms with Crippen LogP contribution >= 0.6 is 11.3 Å². The van der Waals surface area contributed by atoms with Gasteiger partial charge in [-0.15, -0.1) is 11.3 Å². The van der Waals surface area contributed by atoms with Gasteiger partial charge in [0.25, 0.3) is 0 Å². The molecular weight excluding hydrogens is 240 g/mol. The molecule has 0 aromatic carbocycles. The quantitative estimate of drug-likeness (QED) is 0.818. The maximum atomic E-state index is 5.95. The van der Waals surface area contributed by atoms with E-state index in [1.54, 1.807) is 0 Å². The largest absolute Gasteiger partial charge is 0.330 e. The fourth-order valence-corrected chi connectivity index (χ4v) is 3.47. The van der Waals surface area contributed by atoms with Gasteiger partial charge in [0.05, 0.1) is 0 Å². The molecule has 102 valence electrons. The molecule has 2 rings (SSSR count). The average molecular weight is 266 g/mol. The molecular formula is C15H26N2S. The van der Waals surface area contributed by atoms with Crippen molar-refractivity contribution in [1.82, 2.24) is 4.90 Å². The highest BCUT2D eigenvalue weighted by molar-refractivity contribution is 7.09. The molecule has 0 atom stereocenters. The molecule has 0 amide bonds. The van der Waals surface area contributed by atoms with Gasteiger partial charge in [0.15, 0.2) is 0 Å². The van der Waals surface area contributed by atoms with Crippen LogP contribution in [0.25, 0.3) is 0 Å². The van der Waals surface area contributed by atoms with Crippen molar-refractivity contribution in [3.63, 3.8) is 0 Å². The maximum Gasteiger partial charge on any atom is 0.0330 e. The Hall–Kier alpha value is -0.380. The van der Waals surface area contributed by atoms with Crippen molar-refractivity contribution in [3.05, 3.63) is 22.4 Å². The Bertz CT molecular complexity index is 336. The minimum absolute atomic E-state index is 0.475. The molecule has 0 spiro atoms. The van der Waals surface area contributed by atoms with E-state index in [2.05, 4.69) is 36.3 Å². The van der Waals surface area contributed by atoms with E-state index in [4.69, 9.17) is 5.73 Å². The van der Waals surface area contributed by atoms with Crippen molar-refractivity contribution in [2.75, 3.05) is 13.1 Å². The third-order valence-electron chi connectivity index (χ3n) is 4.45. The fourth-order valence-electron chi connectivity index (χ4n) is 2.74. The summed E-state index contributed by atoms with van der Waals surface area (Å²) in [4.78, 5) is 4.06. The zero-order chi connectivity index (χ0) is 13.0. The molecule has 1 aromatic rings. The van der Waals surface area contributed by atoms with Crippen LogP contribution in [-0.4, -0.2) is 24.0 Å². The predicted molar refractivity (Wildman–Crippen MR) is 79.8 cm³/mol. The van der Waals surface area contributed by atoms with E-state index in [1.807, 2.05) is 11.3 Å². The van der Waals surface area contributed by atoms with E-state index in [1.165, 1.54) is 37.1 Å². The summed E-state index contributed by atoms with van der Waals surface area (Å²) in [5.74, 6) is 0. The van der Waals surface area contributed by atoms with E-state index in [0.29, 0.717) is 11.5 Å². The topological polar surface area (TPSA) is 29.3 Å². The zero-order valence-corrected chi connectivity index (χ0v) is 12.5. The Labute approximate surface area is 115 Å². The second-order valence-electron chi connectivity index (χ2n) is 5.95. The molecule has 1 fully saturated rings. The van der Waals surface area contributed by atoms with Crippen LogP contribution in [0, 0.1) is 5.41 Å². The SMILES string of the molecule is CC(C)N(CCC1(CN)CCC1)Cc1cccs1. The van der Waals surface area contributed by atoms with Crippen LogP contribution in [0.3, 0.4) is 0 Å². The number of thiophene rings is 1. The first kappa shape index (κ1) is 14.0. The minimum atomic E-state index is 0.475. The number of hydrogen-bond donors (Lipinski definition) is 1. The van der Waals surface area contributed by atoms with Gasteiger partial charge in [0, 0.05) is 17.5 Å². The van der Waals surface area contributed by atoms with Crippen LogP contribution in [-0.2, 0) is 6.54 Å². The van der Waals surface area contributed by atoms with Crippen molar-refractivity contribution in [1.29, 1.82) is 0 Å². The van der Waals surface area contributed by atoms with Crippen LogP contribution in [0.15, 0.2) is 17.5 Å². The average Bonchev–Trinajstić information content (AvgIpc) is 2.79. The number of rotatable bonds is 7. The van der Waals surface area contributed by atoms with Crippen LogP contribution in [0.4, 0.5) is 0 Å². The zero-order valence-electron chi connectivity index (χ0n) is 11.7. The van der Waals surface area contributed by atoms with Gasteiger partial charge in [-0.25, -0.2) is 0 Å². The lowest BCUT2D eigenvalue weighted by molar-refractivity contribution is 0.0941. The first-order valence-corrected chi connectivity index (χ1v) is 8.00. The molecule has 1 aliphatic rings. The van der Waals surface area contributed by atoms with Gasteiger partial charge in [-0.2, -0.15) is 0 Å². The third kappa shape index (κ3) is 3.34. The Morgan fingerprint density at radius 1 is 1.44 bits per heavy atom. The number of nitrogens with two attached hydrogens (primary N) is 1. The monoisotopic (exact) mass is 266 g/mol. The van der Waals surface area contributed by atoms with E-state index >= 15 is 0 Å². The molecule has 2 N–H and O–H groups in total. The Morgan fingerprint density at radius 3 is 2.67 bits per heavy atom. The molecule has 0 saturated heterocycles. The van der Waals surface area contributed by atoms with Gasteiger partial charge in [-0.1, -0.05) is 12.5 Å². The first-order valence-electron chi connectivity index (χ1n) is 7.12. The molecule has 0 bridgehead atoms. The third-order valence-corrected chi connectivity index (χ3v) is 5.31. The summed E-state index contributed by atoms with van der Waals surface area (Å²) < 4.78 is 0. The second kappa shape index (κ2) is 6.18. The molecule has 0 radical (unpaired) electrons.